The third-order valence-electron chi connectivity index (χ3n) is 5.38. The van der Waals surface area contributed by atoms with Crippen molar-refractivity contribution in [2.45, 2.75) is 44.2 Å². The summed E-state index contributed by atoms with van der Waals surface area (Å²) in [6.45, 7) is 1.33. The lowest BCUT2D eigenvalue weighted by Crippen LogP contribution is -2.61. The minimum absolute atomic E-state index is 0.0160. The van der Waals surface area contributed by atoms with Crippen LogP contribution in [0.25, 0.3) is 0 Å². The summed E-state index contributed by atoms with van der Waals surface area (Å²) in [6, 6.07) is -0.0521. The standard InChI is InChI=1S/C16H22N4O3/c1-19-12-8-20(7-6-13(12)23-9-14(19)21)16(22)15-10-4-2-3-5-11(10)17-18-15/h12-13H,2-9H2,1H3,(H,17,18)/t12-,13+/m0/s1. The van der Waals surface area contributed by atoms with Crippen LogP contribution in [0.1, 0.15) is 41.0 Å². The molecule has 0 bridgehead atoms. The molecule has 7 heteroatoms. The van der Waals surface area contributed by atoms with Gasteiger partial charge >= 0.3 is 0 Å². The van der Waals surface area contributed by atoms with Gasteiger partial charge in [-0.3, -0.25) is 14.7 Å². The van der Waals surface area contributed by atoms with Crippen molar-refractivity contribution < 1.29 is 14.3 Å². The lowest BCUT2D eigenvalue weighted by atomic mass is 9.94. The quantitative estimate of drug-likeness (QED) is 0.811. The Morgan fingerprint density at radius 1 is 1.35 bits per heavy atom. The molecule has 2 atom stereocenters. The van der Waals surface area contributed by atoms with E-state index in [9.17, 15) is 9.59 Å². The lowest BCUT2D eigenvalue weighted by molar-refractivity contribution is -0.159. The van der Waals surface area contributed by atoms with Crippen molar-refractivity contribution in [3.8, 4) is 0 Å². The SMILES string of the molecule is CN1C(=O)CO[C@@H]2CCN(C(=O)c3n[nH]c4c3CCCC4)C[C@@H]21. The topological polar surface area (TPSA) is 78.5 Å². The highest BCUT2D eigenvalue weighted by molar-refractivity contribution is 5.94. The number of H-pyrrole nitrogens is 1. The van der Waals surface area contributed by atoms with Gasteiger partial charge in [0, 0.05) is 31.4 Å². The first kappa shape index (κ1) is 14.7. The molecule has 2 saturated heterocycles. The van der Waals surface area contributed by atoms with Gasteiger partial charge in [-0.25, -0.2) is 0 Å². The number of carbonyl (C=O) groups is 2. The molecule has 23 heavy (non-hydrogen) atoms. The van der Waals surface area contributed by atoms with E-state index in [1.54, 1.807) is 11.9 Å². The van der Waals surface area contributed by atoms with Crippen molar-refractivity contribution in [2.75, 3.05) is 26.7 Å². The monoisotopic (exact) mass is 318 g/mol. The number of hydrogen-bond donors (Lipinski definition) is 1. The molecule has 7 nitrogen and oxygen atoms in total. The molecule has 1 N–H and O–H groups in total. The van der Waals surface area contributed by atoms with Crippen molar-refractivity contribution in [1.82, 2.24) is 20.0 Å². The summed E-state index contributed by atoms with van der Waals surface area (Å²) in [4.78, 5) is 28.3. The van der Waals surface area contributed by atoms with Crippen molar-refractivity contribution in [3.05, 3.63) is 17.0 Å². The van der Waals surface area contributed by atoms with E-state index >= 15 is 0 Å². The zero-order chi connectivity index (χ0) is 16.0. The van der Waals surface area contributed by atoms with E-state index in [1.165, 1.54) is 0 Å². The van der Waals surface area contributed by atoms with Crippen molar-refractivity contribution in [2.24, 2.45) is 0 Å². The average Bonchev–Trinajstić information content (AvgIpc) is 3.01. The number of rotatable bonds is 1. The number of piperidine rings is 1. The third-order valence-corrected chi connectivity index (χ3v) is 5.38. The smallest absolute Gasteiger partial charge is 0.274 e. The second-order valence-corrected chi connectivity index (χ2v) is 6.70. The van der Waals surface area contributed by atoms with E-state index in [0.29, 0.717) is 18.8 Å². The second-order valence-electron chi connectivity index (χ2n) is 6.70. The molecule has 0 saturated carbocycles. The molecule has 3 heterocycles. The van der Waals surface area contributed by atoms with Gasteiger partial charge in [-0.15, -0.1) is 0 Å². The number of aryl methyl sites for hydroxylation is 1. The van der Waals surface area contributed by atoms with Gasteiger partial charge in [-0.05, 0) is 32.1 Å². The number of nitrogens with one attached hydrogen (secondary N) is 1. The Balaban J connectivity index is 1.53. The van der Waals surface area contributed by atoms with Crippen LogP contribution in [0.3, 0.4) is 0 Å². The van der Waals surface area contributed by atoms with Crippen LogP contribution < -0.4 is 0 Å². The molecule has 0 aromatic carbocycles. The van der Waals surface area contributed by atoms with Gasteiger partial charge in [0.15, 0.2) is 5.69 Å². The molecule has 3 aliphatic rings. The number of aromatic amines is 1. The highest BCUT2D eigenvalue weighted by Gasteiger charge is 2.40. The van der Waals surface area contributed by atoms with Crippen LogP contribution in [0.2, 0.25) is 0 Å². The first-order chi connectivity index (χ1) is 11.1. The van der Waals surface area contributed by atoms with Crippen LogP contribution >= 0.6 is 0 Å². The van der Waals surface area contributed by atoms with E-state index in [2.05, 4.69) is 10.2 Å². The maximum atomic E-state index is 12.9. The Labute approximate surface area is 135 Å². The molecule has 2 amide bonds. The highest BCUT2D eigenvalue weighted by atomic mass is 16.5. The normalized spacial score (nSPS) is 27.6. The molecule has 0 spiro atoms. The predicted molar refractivity (Wildman–Crippen MR) is 82.0 cm³/mol. The van der Waals surface area contributed by atoms with Crippen LogP contribution in [0.4, 0.5) is 0 Å². The molecular weight excluding hydrogens is 296 g/mol. The molecule has 0 unspecified atom stereocenters. The Hall–Kier alpha value is -1.89. The number of carbonyl (C=O) groups excluding carboxylic acids is 2. The van der Waals surface area contributed by atoms with Crippen LogP contribution in [0.5, 0.6) is 0 Å². The fraction of sp³-hybridized carbons (Fsp3) is 0.688. The fourth-order valence-electron chi connectivity index (χ4n) is 3.93. The highest BCUT2D eigenvalue weighted by Crippen LogP contribution is 2.26. The number of morpholine rings is 1. The molecule has 2 fully saturated rings. The molecule has 2 aliphatic heterocycles. The van der Waals surface area contributed by atoms with Crippen LogP contribution in [0.15, 0.2) is 0 Å². The van der Waals surface area contributed by atoms with Crippen molar-refractivity contribution in [3.63, 3.8) is 0 Å². The second kappa shape index (κ2) is 5.63. The molecule has 4 rings (SSSR count). The van der Waals surface area contributed by atoms with Gasteiger partial charge in [0.2, 0.25) is 5.91 Å². The summed E-state index contributed by atoms with van der Waals surface area (Å²) in [7, 11) is 1.80. The van der Waals surface area contributed by atoms with E-state index in [1.807, 2.05) is 4.90 Å². The van der Waals surface area contributed by atoms with E-state index in [-0.39, 0.29) is 30.6 Å². The Morgan fingerprint density at radius 2 is 2.17 bits per heavy atom. The van der Waals surface area contributed by atoms with Gasteiger partial charge in [-0.2, -0.15) is 5.10 Å². The van der Waals surface area contributed by atoms with Gasteiger partial charge in [0.05, 0.1) is 12.1 Å². The van der Waals surface area contributed by atoms with Crippen molar-refractivity contribution in [1.29, 1.82) is 0 Å². The predicted octanol–water partition coefficient (Wildman–Crippen LogP) is 0.360. The Kier molecular flexibility index (Phi) is 3.60. The summed E-state index contributed by atoms with van der Waals surface area (Å²) in [6.07, 6.45) is 4.97. The van der Waals surface area contributed by atoms with Crippen LogP contribution in [-0.4, -0.2) is 70.7 Å². The summed E-state index contributed by atoms with van der Waals surface area (Å²) in [5.74, 6) is -0.0352. The van der Waals surface area contributed by atoms with Gasteiger partial charge in [0.25, 0.3) is 5.91 Å². The van der Waals surface area contributed by atoms with Gasteiger partial charge in [-0.1, -0.05) is 0 Å². The van der Waals surface area contributed by atoms with Crippen LogP contribution in [0, 0.1) is 0 Å². The molecular formula is C16H22N4O3. The fourth-order valence-corrected chi connectivity index (χ4v) is 3.93. The van der Waals surface area contributed by atoms with E-state index in [0.717, 1.165) is 43.4 Å². The number of hydrogen-bond acceptors (Lipinski definition) is 4. The first-order valence-corrected chi connectivity index (χ1v) is 8.38. The summed E-state index contributed by atoms with van der Waals surface area (Å²) in [5.41, 5.74) is 2.78. The maximum Gasteiger partial charge on any atom is 0.274 e. The zero-order valence-corrected chi connectivity index (χ0v) is 13.4. The number of nitrogens with zero attached hydrogens (tertiary/aromatic N) is 3. The molecule has 0 radical (unpaired) electrons. The minimum Gasteiger partial charge on any atom is -0.366 e. The van der Waals surface area contributed by atoms with E-state index < -0.39 is 0 Å². The Morgan fingerprint density at radius 3 is 3.04 bits per heavy atom. The number of fused-ring (bicyclic) bond motifs is 2. The molecule has 124 valence electrons. The summed E-state index contributed by atoms with van der Waals surface area (Å²) in [5, 5.41) is 7.31. The Bertz CT molecular complexity index is 641. The number of likely N-dealkylation sites (N-methyl/N-ethyl adjacent to an activating group) is 1. The average molecular weight is 318 g/mol. The third kappa shape index (κ3) is 2.43. The number of ether oxygens (including phenoxy) is 1. The molecule has 1 aromatic rings. The number of likely N-dealkylation sites (tertiary alicyclic amines) is 1. The molecule has 1 aliphatic carbocycles. The lowest BCUT2D eigenvalue weighted by Gasteiger charge is -2.45. The van der Waals surface area contributed by atoms with Crippen LogP contribution in [-0.2, 0) is 22.4 Å². The summed E-state index contributed by atoms with van der Waals surface area (Å²) >= 11 is 0. The summed E-state index contributed by atoms with van der Waals surface area (Å²) < 4.78 is 5.62. The van der Waals surface area contributed by atoms with E-state index in [4.69, 9.17) is 4.74 Å². The molecule has 1 aromatic heterocycles. The number of amides is 2. The number of aromatic nitrogens is 2. The van der Waals surface area contributed by atoms with Gasteiger partial charge in [0.1, 0.15) is 6.61 Å². The zero-order valence-electron chi connectivity index (χ0n) is 13.4. The van der Waals surface area contributed by atoms with Crippen molar-refractivity contribution >= 4 is 11.8 Å². The minimum atomic E-state index is -0.0521. The maximum absolute atomic E-state index is 12.9. The van der Waals surface area contributed by atoms with Gasteiger partial charge < -0.3 is 14.5 Å². The largest absolute Gasteiger partial charge is 0.366 e. The first-order valence-electron chi connectivity index (χ1n) is 8.38.